The maximum absolute atomic E-state index is 9.03. The molecule has 1 aromatic carbocycles. The molecule has 0 amide bonds. The number of nitriles is 1. The van der Waals surface area contributed by atoms with Gasteiger partial charge in [0.15, 0.2) is 0 Å². The van der Waals surface area contributed by atoms with Crippen LogP contribution in [0.5, 0.6) is 5.75 Å². The molecule has 0 radical (unpaired) electrons. The number of methoxy groups -OCH3 is 1. The molecule has 0 unspecified atom stereocenters. The van der Waals surface area contributed by atoms with Crippen LogP contribution in [0.15, 0.2) is 12.1 Å². The molecule has 0 saturated heterocycles. The highest BCUT2D eigenvalue weighted by atomic mass is 35.5. The Morgan fingerprint density at radius 1 is 1.38 bits per heavy atom. The Bertz CT molecular complexity index is 461. The van der Waals surface area contributed by atoms with Gasteiger partial charge in [-0.2, -0.15) is 5.26 Å². The van der Waals surface area contributed by atoms with Gasteiger partial charge in [-0.1, -0.05) is 29.3 Å². The Morgan fingerprint density at radius 2 is 2.06 bits per heavy atom. The Labute approximate surface area is 105 Å². The van der Waals surface area contributed by atoms with Crippen molar-refractivity contribution >= 4 is 23.2 Å². The van der Waals surface area contributed by atoms with Gasteiger partial charge in [0, 0.05) is 0 Å². The Kier molecular flexibility index (Phi) is 3.01. The Balaban J connectivity index is 2.30. The highest BCUT2D eigenvalue weighted by Gasteiger charge is 2.43. The van der Waals surface area contributed by atoms with Gasteiger partial charge in [0.1, 0.15) is 10.8 Å². The second kappa shape index (κ2) is 4.16. The minimum Gasteiger partial charge on any atom is -0.495 e. The molecule has 0 heterocycles. The van der Waals surface area contributed by atoms with Crippen LogP contribution >= 0.6 is 23.2 Å². The summed E-state index contributed by atoms with van der Waals surface area (Å²) >= 11 is 12.2. The van der Waals surface area contributed by atoms with Crippen LogP contribution in [0.3, 0.4) is 0 Å². The number of ether oxygens (including phenoxy) is 1. The fourth-order valence-corrected chi connectivity index (χ4v) is 2.19. The van der Waals surface area contributed by atoms with Crippen molar-refractivity contribution in [2.45, 2.75) is 19.3 Å². The minimum absolute atomic E-state index is 0.207. The molecular formula is C12H11Cl2NO. The number of hydrogen-bond acceptors (Lipinski definition) is 2. The summed E-state index contributed by atoms with van der Waals surface area (Å²) in [6.07, 6.45) is 2.57. The van der Waals surface area contributed by atoms with Crippen molar-refractivity contribution in [3.8, 4) is 11.8 Å². The molecule has 2 nitrogen and oxygen atoms in total. The minimum atomic E-state index is -0.207. The first-order chi connectivity index (χ1) is 7.62. The van der Waals surface area contributed by atoms with Crippen molar-refractivity contribution in [1.82, 2.24) is 0 Å². The summed E-state index contributed by atoms with van der Waals surface area (Å²) in [5, 5.41) is 9.96. The van der Waals surface area contributed by atoms with Crippen molar-refractivity contribution in [2.75, 3.05) is 7.11 Å². The van der Waals surface area contributed by atoms with Gasteiger partial charge in [0.05, 0.1) is 23.6 Å². The smallest absolute Gasteiger partial charge is 0.138 e. The zero-order valence-electron chi connectivity index (χ0n) is 8.89. The molecule has 1 aliphatic rings. The van der Waals surface area contributed by atoms with E-state index in [1.165, 1.54) is 0 Å². The van der Waals surface area contributed by atoms with Crippen molar-refractivity contribution in [3.05, 3.63) is 27.7 Å². The van der Waals surface area contributed by atoms with E-state index in [1.54, 1.807) is 13.2 Å². The van der Waals surface area contributed by atoms with Crippen LogP contribution in [0.2, 0.25) is 10.0 Å². The van der Waals surface area contributed by atoms with E-state index in [9.17, 15) is 0 Å². The molecule has 1 fully saturated rings. The second-order valence-corrected chi connectivity index (χ2v) is 4.88. The van der Waals surface area contributed by atoms with Crippen molar-refractivity contribution in [2.24, 2.45) is 5.41 Å². The number of hydrogen-bond donors (Lipinski definition) is 0. The molecule has 0 spiro atoms. The largest absolute Gasteiger partial charge is 0.495 e. The average molecular weight is 256 g/mol. The fraction of sp³-hybridized carbons (Fsp3) is 0.417. The first kappa shape index (κ1) is 11.6. The quantitative estimate of drug-likeness (QED) is 0.822. The molecule has 2 rings (SSSR count). The highest BCUT2D eigenvalue weighted by Crippen LogP contribution is 2.49. The van der Waals surface area contributed by atoms with Crippen molar-refractivity contribution in [3.63, 3.8) is 0 Å². The SMILES string of the molecule is COc1ccc(CC2(C#N)CC2)c(Cl)c1Cl. The van der Waals surface area contributed by atoms with E-state index < -0.39 is 0 Å². The van der Waals surface area contributed by atoms with E-state index in [1.807, 2.05) is 6.07 Å². The summed E-state index contributed by atoms with van der Waals surface area (Å²) < 4.78 is 5.07. The normalized spacial score (nSPS) is 16.6. The maximum atomic E-state index is 9.03. The predicted octanol–water partition coefficient (Wildman–Crippen LogP) is 3.85. The molecule has 0 N–H and O–H groups in total. The van der Waals surface area contributed by atoms with Gasteiger partial charge in [0.2, 0.25) is 0 Å². The second-order valence-electron chi connectivity index (χ2n) is 4.12. The number of nitrogens with zero attached hydrogens (tertiary/aromatic N) is 1. The van der Waals surface area contributed by atoms with Crippen molar-refractivity contribution in [1.29, 1.82) is 5.26 Å². The van der Waals surface area contributed by atoms with Gasteiger partial charge < -0.3 is 4.74 Å². The van der Waals surface area contributed by atoms with Gasteiger partial charge in [-0.25, -0.2) is 0 Å². The molecule has 0 aromatic heterocycles. The highest BCUT2D eigenvalue weighted by molar-refractivity contribution is 6.43. The third kappa shape index (κ3) is 1.98. The van der Waals surface area contributed by atoms with Crippen LogP contribution in [0.4, 0.5) is 0 Å². The van der Waals surface area contributed by atoms with E-state index >= 15 is 0 Å². The first-order valence-electron chi connectivity index (χ1n) is 5.04. The van der Waals surface area contributed by atoms with Gasteiger partial charge in [-0.05, 0) is 30.9 Å². The summed E-state index contributed by atoms with van der Waals surface area (Å²) in [4.78, 5) is 0. The molecule has 1 aromatic rings. The van der Waals surface area contributed by atoms with Gasteiger partial charge in [-0.3, -0.25) is 0 Å². The lowest BCUT2D eigenvalue weighted by atomic mass is 9.98. The predicted molar refractivity (Wildman–Crippen MR) is 64.0 cm³/mol. The summed E-state index contributed by atoms with van der Waals surface area (Å²) in [5.41, 5.74) is 0.716. The number of rotatable bonds is 3. The van der Waals surface area contributed by atoms with E-state index in [0.717, 1.165) is 18.4 Å². The molecule has 0 bridgehead atoms. The van der Waals surface area contributed by atoms with E-state index in [0.29, 0.717) is 22.2 Å². The molecule has 1 saturated carbocycles. The lowest BCUT2D eigenvalue weighted by Gasteiger charge is -2.11. The maximum Gasteiger partial charge on any atom is 0.138 e. The van der Waals surface area contributed by atoms with Crippen LogP contribution in [-0.4, -0.2) is 7.11 Å². The topological polar surface area (TPSA) is 33.0 Å². The lowest BCUT2D eigenvalue weighted by molar-refractivity contribution is 0.415. The fourth-order valence-electron chi connectivity index (χ4n) is 1.71. The average Bonchev–Trinajstić information content (AvgIpc) is 3.06. The molecular weight excluding hydrogens is 245 g/mol. The van der Waals surface area contributed by atoms with Gasteiger partial charge in [-0.15, -0.1) is 0 Å². The van der Waals surface area contributed by atoms with Crippen LogP contribution in [0.1, 0.15) is 18.4 Å². The summed E-state index contributed by atoms with van der Waals surface area (Å²) in [6.45, 7) is 0. The van der Waals surface area contributed by atoms with E-state index in [2.05, 4.69) is 6.07 Å². The zero-order chi connectivity index (χ0) is 11.8. The Hall–Kier alpha value is -0.910. The monoisotopic (exact) mass is 255 g/mol. The van der Waals surface area contributed by atoms with Gasteiger partial charge >= 0.3 is 0 Å². The summed E-state index contributed by atoms with van der Waals surface area (Å²) in [6, 6.07) is 6.01. The molecule has 1 aliphatic carbocycles. The van der Waals surface area contributed by atoms with Crippen LogP contribution in [0, 0.1) is 16.7 Å². The lowest BCUT2D eigenvalue weighted by Crippen LogP contribution is -2.02. The van der Waals surface area contributed by atoms with Crippen molar-refractivity contribution < 1.29 is 4.74 Å². The molecule has 16 heavy (non-hydrogen) atoms. The van der Waals surface area contributed by atoms with E-state index in [-0.39, 0.29) is 5.41 Å². The summed E-state index contributed by atoms with van der Waals surface area (Å²) in [7, 11) is 1.55. The summed E-state index contributed by atoms with van der Waals surface area (Å²) in [5.74, 6) is 0.567. The molecule has 0 aliphatic heterocycles. The third-order valence-electron chi connectivity index (χ3n) is 2.97. The standard InChI is InChI=1S/C12H11Cl2NO/c1-16-9-3-2-8(10(13)11(9)14)6-12(7-15)4-5-12/h2-3H,4-6H2,1H3. The number of halogens is 2. The molecule has 4 heteroatoms. The molecule has 0 atom stereocenters. The third-order valence-corrected chi connectivity index (χ3v) is 3.87. The van der Waals surface area contributed by atoms with Crippen LogP contribution in [-0.2, 0) is 6.42 Å². The Morgan fingerprint density at radius 3 is 2.56 bits per heavy atom. The molecule has 84 valence electrons. The van der Waals surface area contributed by atoms with Crippen LogP contribution < -0.4 is 4.74 Å². The zero-order valence-corrected chi connectivity index (χ0v) is 10.4. The van der Waals surface area contributed by atoms with Crippen LogP contribution in [0.25, 0.3) is 0 Å². The van der Waals surface area contributed by atoms with E-state index in [4.69, 9.17) is 33.2 Å². The van der Waals surface area contributed by atoms with Gasteiger partial charge in [0.25, 0.3) is 0 Å². The first-order valence-corrected chi connectivity index (χ1v) is 5.79. The number of benzene rings is 1.